The van der Waals surface area contributed by atoms with Crippen molar-refractivity contribution in [2.24, 2.45) is 5.73 Å². The molecule has 1 saturated heterocycles. The van der Waals surface area contributed by atoms with E-state index >= 15 is 0 Å². The molecule has 2 N–H and O–H groups in total. The van der Waals surface area contributed by atoms with Gasteiger partial charge in [-0.2, -0.15) is 16.8 Å². The van der Waals surface area contributed by atoms with E-state index in [9.17, 15) is 16.8 Å². The molecular weight excluding hydrogens is 669 g/mol. The molecule has 1 aliphatic rings. The number of likely N-dealkylation sites (tertiary alicyclic amines) is 1. The number of rotatable bonds is 12. The highest BCUT2D eigenvalue weighted by Crippen LogP contribution is 2.28. The van der Waals surface area contributed by atoms with Crippen molar-refractivity contribution in [3.8, 4) is 0 Å². The van der Waals surface area contributed by atoms with Gasteiger partial charge in [-0.05, 0) is 47.6 Å². The van der Waals surface area contributed by atoms with Crippen LogP contribution in [0, 0.1) is 0 Å². The Hall–Kier alpha value is -3.38. The minimum absolute atomic E-state index is 0.0223. The first-order chi connectivity index (χ1) is 24.0. The van der Waals surface area contributed by atoms with Crippen LogP contribution in [0.25, 0.3) is 0 Å². The first kappa shape index (κ1) is 44.6. The molecule has 8 nitrogen and oxygen atoms in total. The van der Waals surface area contributed by atoms with Crippen LogP contribution in [0.1, 0.15) is 74.6 Å². The van der Waals surface area contributed by atoms with E-state index in [2.05, 4.69) is 69.7 Å². The number of nitrogens with zero attached hydrogens (tertiary/aromatic N) is 1. The third-order valence-corrected chi connectivity index (χ3v) is 8.55. The number of benzene rings is 4. The van der Waals surface area contributed by atoms with Crippen molar-refractivity contribution >= 4 is 20.2 Å². The van der Waals surface area contributed by atoms with Crippen molar-refractivity contribution < 1.29 is 25.2 Å². The summed E-state index contributed by atoms with van der Waals surface area (Å²) in [6.07, 6.45) is 3.57. The SMILES string of the molecule is CC.CC.CS(=O)(=O)OCC[C@@H](COS(C)(=O)=O)c1ccccc1.NCc1ccccc1.c1ccc(CN2CC[C@H](c3ccccc3)C2)cc1. The van der Waals surface area contributed by atoms with Crippen molar-refractivity contribution in [2.45, 2.75) is 65.5 Å². The van der Waals surface area contributed by atoms with E-state index in [1.165, 1.54) is 36.2 Å². The second kappa shape index (κ2) is 25.6. The van der Waals surface area contributed by atoms with E-state index in [1.54, 1.807) is 0 Å². The Morgan fingerprint density at radius 3 is 1.60 bits per heavy atom. The molecule has 1 aliphatic heterocycles. The zero-order valence-corrected chi connectivity index (χ0v) is 32.3. The van der Waals surface area contributed by atoms with E-state index < -0.39 is 20.2 Å². The fourth-order valence-electron chi connectivity index (χ4n) is 5.05. The lowest BCUT2D eigenvalue weighted by atomic mass is 9.97. The molecule has 0 radical (unpaired) electrons. The molecule has 0 spiro atoms. The van der Waals surface area contributed by atoms with Gasteiger partial charge in [-0.15, -0.1) is 0 Å². The van der Waals surface area contributed by atoms with Crippen LogP contribution in [0.2, 0.25) is 0 Å². The lowest BCUT2D eigenvalue weighted by Gasteiger charge is -2.16. The molecule has 0 aliphatic carbocycles. The van der Waals surface area contributed by atoms with Crippen LogP contribution in [0.5, 0.6) is 0 Å². The Kier molecular flexibility index (Phi) is 22.8. The molecule has 2 atom stereocenters. The van der Waals surface area contributed by atoms with E-state index in [0.29, 0.717) is 13.0 Å². The zero-order chi connectivity index (χ0) is 37.3. The van der Waals surface area contributed by atoms with Gasteiger partial charge in [0.1, 0.15) is 0 Å². The molecular formula is C40H58N2O6S2. The molecule has 10 heteroatoms. The van der Waals surface area contributed by atoms with Gasteiger partial charge in [0.05, 0.1) is 25.7 Å². The summed E-state index contributed by atoms with van der Waals surface area (Å²) < 4.78 is 53.4. The molecule has 276 valence electrons. The number of hydrogen-bond donors (Lipinski definition) is 1. The molecule has 50 heavy (non-hydrogen) atoms. The van der Waals surface area contributed by atoms with Gasteiger partial charge >= 0.3 is 0 Å². The fourth-order valence-corrected chi connectivity index (χ4v) is 5.86. The van der Waals surface area contributed by atoms with Gasteiger partial charge in [-0.1, -0.05) is 149 Å². The van der Waals surface area contributed by atoms with E-state index in [-0.39, 0.29) is 19.1 Å². The molecule has 0 unspecified atom stereocenters. The summed E-state index contributed by atoms with van der Waals surface area (Å²) in [6.45, 7) is 12.1. The first-order valence-corrected chi connectivity index (χ1v) is 20.9. The first-order valence-electron chi connectivity index (χ1n) is 17.3. The summed E-state index contributed by atoms with van der Waals surface area (Å²) >= 11 is 0. The third kappa shape index (κ3) is 20.3. The highest BCUT2D eigenvalue weighted by atomic mass is 32.2. The Labute approximate surface area is 302 Å². The molecule has 5 rings (SSSR count). The summed E-state index contributed by atoms with van der Waals surface area (Å²) in [6, 6.07) is 40.8. The average molecular weight is 727 g/mol. The highest BCUT2D eigenvalue weighted by Gasteiger charge is 2.23. The lowest BCUT2D eigenvalue weighted by molar-refractivity contribution is 0.251. The lowest BCUT2D eigenvalue weighted by Crippen LogP contribution is -2.19. The van der Waals surface area contributed by atoms with Crippen LogP contribution in [0.4, 0.5) is 0 Å². The Morgan fingerprint density at radius 2 is 1.14 bits per heavy atom. The van der Waals surface area contributed by atoms with Crippen LogP contribution < -0.4 is 5.73 Å². The normalized spacial score (nSPS) is 14.6. The minimum Gasteiger partial charge on any atom is -0.326 e. The molecule has 0 saturated carbocycles. The van der Waals surface area contributed by atoms with Crippen LogP contribution in [0.3, 0.4) is 0 Å². The van der Waals surface area contributed by atoms with Gasteiger partial charge in [0, 0.05) is 25.6 Å². The largest absolute Gasteiger partial charge is 0.326 e. The zero-order valence-electron chi connectivity index (χ0n) is 30.6. The average Bonchev–Trinajstić information content (AvgIpc) is 3.61. The van der Waals surface area contributed by atoms with Crippen molar-refractivity contribution in [2.75, 3.05) is 38.8 Å². The smallest absolute Gasteiger partial charge is 0.264 e. The Morgan fingerprint density at radius 1 is 0.680 bits per heavy atom. The molecule has 1 heterocycles. The van der Waals surface area contributed by atoms with Gasteiger partial charge in [-0.25, -0.2) is 0 Å². The highest BCUT2D eigenvalue weighted by molar-refractivity contribution is 7.86. The maximum atomic E-state index is 11.1. The van der Waals surface area contributed by atoms with Crippen LogP contribution >= 0.6 is 0 Å². The van der Waals surface area contributed by atoms with Gasteiger partial charge in [0.2, 0.25) is 0 Å². The summed E-state index contributed by atoms with van der Waals surface area (Å²) in [5.74, 6) is 0.461. The predicted octanol–water partition coefficient (Wildman–Crippen LogP) is 7.99. The van der Waals surface area contributed by atoms with Gasteiger partial charge in [0.25, 0.3) is 20.2 Å². The van der Waals surface area contributed by atoms with Crippen molar-refractivity contribution in [3.63, 3.8) is 0 Å². The number of nitrogens with two attached hydrogens (primary N) is 1. The maximum absolute atomic E-state index is 11.1. The van der Waals surface area contributed by atoms with Gasteiger partial charge in [-0.3, -0.25) is 13.3 Å². The second-order valence-corrected chi connectivity index (χ2v) is 14.5. The van der Waals surface area contributed by atoms with E-state index in [4.69, 9.17) is 9.92 Å². The molecule has 0 amide bonds. The van der Waals surface area contributed by atoms with Crippen molar-refractivity contribution in [1.29, 1.82) is 0 Å². The van der Waals surface area contributed by atoms with Gasteiger partial charge < -0.3 is 5.73 Å². The molecule has 4 aromatic carbocycles. The minimum atomic E-state index is -3.54. The predicted molar refractivity (Wildman–Crippen MR) is 208 cm³/mol. The standard InChI is InChI=1S/C17H19N.C12H18O6S2.C7H9N.2C2H6/c1-3-7-15(8-4-1)13-18-12-11-17(14-18)16-9-5-2-6-10-16;1-19(13,14)17-9-8-12(10-18-20(2,15)16)11-6-4-3-5-7-11;8-6-7-4-2-1-3-5-7;2*1-2/h1-10,17H,11-14H2;3-7,12H,8-10H2,1-2H3;1-5H,6,8H2;2*1-2H3/t17-;12-;;;/m00.../s1. The molecule has 1 fully saturated rings. The van der Waals surface area contributed by atoms with Crippen LogP contribution in [-0.2, 0) is 41.7 Å². The van der Waals surface area contributed by atoms with Crippen LogP contribution in [-0.4, -0.2) is 60.6 Å². The van der Waals surface area contributed by atoms with Gasteiger partial charge in [0.15, 0.2) is 0 Å². The fraction of sp³-hybridized carbons (Fsp3) is 0.400. The van der Waals surface area contributed by atoms with Crippen molar-refractivity contribution in [1.82, 2.24) is 4.90 Å². The summed E-state index contributed by atoms with van der Waals surface area (Å²) in [5.41, 5.74) is 10.3. The van der Waals surface area contributed by atoms with E-state index in [1.807, 2.05) is 88.4 Å². The molecule has 0 bridgehead atoms. The summed E-state index contributed by atoms with van der Waals surface area (Å²) in [7, 11) is -7.04. The Balaban J connectivity index is 0.000000381. The summed E-state index contributed by atoms with van der Waals surface area (Å²) in [5, 5.41) is 0. The third-order valence-electron chi connectivity index (χ3n) is 7.39. The monoisotopic (exact) mass is 726 g/mol. The maximum Gasteiger partial charge on any atom is 0.264 e. The number of hydrogen-bond acceptors (Lipinski definition) is 8. The Bertz CT molecular complexity index is 1610. The van der Waals surface area contributed by atoms with Crippen LogP contribution in [0.15, 0.2) is 121 Å². The summed E-state index contributed by atoms with van der Waals surface area (Å²) in [4.78, 5) is 2.56. The molecule has 0 aromatic heterocycles. The second-order valence-electron chi connectivity index (χ2n) is 11.2. The molecule has 4 aromatic rings. The van der Waals surface area contributed by atoms with E-state index in [0.717, 1.165) is 30.5 Å². The topological polar surface area (TPSA) is 116 Å². The van der Waals surface area contributed by atoms with Crippen molar-refractivity contribution in [3.05, 3.63) is 144 Å². The quantitative estimate of drug-likeness (QED) is 0.146.